The van der Waals surface area contributed by atoms with Gasteiger partial charge >= 0.3 is 0 Å². The molecule has 15 heavy (non-hydrogen) atoms. The molecule has 1 aromatic heterocycles. The molecule has 86 valence electrons. The molecule has 0 aliphatic heterocycles. The average Bonchev–Trinajstić information content (AvgIpc) is 2.65. The van der Waals surface area contributed by atoms with Crippen molar-refractivity contribution >= 4 is 0 Å². The first-order chi connectivity index (χ1) is 7.19. The van der Waals surface area contributed by atoms with Gasteiger partial charge < -0.3 is 5.73 Å². The number of aromatic nitrogens is 3. The topological polar surface area (TPSA) is 56.7 Å². The van der Waals surface area contributed by atoms with E-state index in [1.165, 1.54) is 12.8 Å². The quantitative estimate of drug-likeness (QED) is 0.778. The molecule has 0 fully saturated rings. The van der Waals surface area contributed by atoms with Crippen LogP contribution in [0, 0.1) is 5.92 Å². The molecule has 0 saturated heterocycles. The molecule has 0 saturated carbocycles. The fourth-order valence-electron chi connectivity index (χ4n) is 1.82. The van der Waals surface area contributed by atoms with E-state index in [4.69, 9.17) is 5.73 Å². The van der Waals surface area contributed by atoms with Crippen molar-refractivity contribution < 1.29 is 0 Å². The summed E-state index contributed by atoms with van der Waals surface area (Å²) < 4.78 is 1.98. The summed E-state index contributed by atoms with van der Waals surface area (Å²) in [5.74, 6) is 1.60. The summed E-state index contributed by atoms with van der Waals surface area (Å²) in [6.07, 6.45) is 4.93. The molecule has 4 nitrogen and oxygen atoms in total. The molecule has 1 aromatic rings. The number of hydrogen-bond acceptors (Lipinski definition) is 3. The zero-order valence-electron chi connectivity index (χ0n) is 9.98. The van der Waals surface area contributed by atoms with Crippen LogP contribution in [0.15, 0.2) is 6.33 Å². The molecular formula is C11H22N4. The maximum atomic E-state index is 5.74. The fraction of sp³-hybridized carbons (Fsp3) is 0.818. The number of nitrogens with zero attached hydrogens (tertiary/aromatic N) is 3. The summed E-state index contributed by atoms with van der Waals surface area (Å²) in [6.45, 7) is 7.17. The number of rotatable bonds is 6. The minimum atomic E-state index is 0.377. The molecule has 1 atom stereocenters. The van der Waals surface area contributed by atoms with Gasteiger partial charge in [0.15, 0.2) is 0 Å². The second-order valence-electron chi connectivity index (χ2n) is 4.31. The summed E-state index contributed by atoms with van der Waals surface area (Å²) in [7, 11) is 0. The van der Waals surface area contributed by atoms with Gasteiger partial charge in [-0.2, -0.15) is 5.10 Å². The first-order valence-electron chi connectivity index (χ1n) is 5.77. The molecular weight excluding hydrogens is 188 g/mol. The van der Waals surface area contributed by atoms with Crippen LogP contribution < -0.4 is 5.73 Å². The highest BCUT2D eigenvalue weighted by molar-refractivity contribution is 4.89. The van der Waals surface area contributed by atoms with E-state index in [0.29, 0.717) is 12.0 Å². The van der Waals surface area contributed by atoms with Crippen molar-refractivity contribution in [3.05, 3.63) is 12.2 Å². The molecule has 0 aromatic carbocycles. The van der Waals surface area contributed by atoms with Crippen molar-refractivity contribution in [2.45, 2.75) is 46.1 Å². The van der Waals surface area contributed by atoms with Crippen LogP contribution in [-0.2, 0) is 6.42 Å². The van der Waals surface area contributed by atoms with Gasteiger partial charge in [-0.25, -0.2) is 9.67 Å². The van der Waals surface area contributed by atoms with Gasteiger partial charge in [0.1, 0.15) is 12.2 Å². The Balaban J connectivity index is 2.65. The summed E-state index contributed by atoms with van der Waals surface area (Å²) in [4.78, 5) is 4.30. The zero-order chi connectivity index (χ0) is 11.3. The smallest absolute Gasteiger partial charge is 0.138 e. The van der Waals surface area contributed by atoms with E-state index < -0.39 is 0 Å². The maximum absolute atomic E-state index is 5.74. The minimum absolute atomic E-state index is 0.377. The Hall–Kier alpha value is -0.900. The molecule has 0 amide bonds. The van der Waals surface area contributed by atoms with Gasteiger partial charge in [0.2, 0.25) is 0 Å². The highest BCUT2D eigenvalue weighted by Gasteiger charge is 2.13. The van der Waals surface area contributed by atoms with Crippen LogP contribution in [0.3, 0.4) is 0 Å². The van der Waals surface area contributed by atoms with Gasteiger partial charge in [-0.15, -0.1) is 0 Å². The van der Waals surface area contributed by atoms with Crippen LogP contribution in [0.25, 0.3) is 0 Å². The fourth-order valence-corrected chi connectivity index (χ4v) is 1.82. The molecule has 0 bridgehead atoms. The van der Waals surface area contributed by atoms with E-state index in [2.05, 4.69) is 30.9 Å². The third kappa shape index (κ3) is 3.30. The van der Waals surface area contributed by atoms with E-state index in [9.17, 15) is 0 Å². The first-order valence-corrected chi connectivity index (χ1v) is 5.77. The van der Waals surface area contributed by atoms with Crippen LogP contribution in [0.4, 0.5) is 0 Å². The highest BCUT2D eigenvalue weighted by Crippen LogP contribution is 2.13. The van der Waals surface area contributed by atoms with Gasteiger partial charge in [0, 0.05) is 12.5 Å². The lowest BCUT2D eigenvalue weighted by molar-refractivity contribution is 0.437. The van der Waals surface area contributed by atoms with Gasteiger partial charge in [-0.3, -0.25) is 0 Å². The van der Waals surface area contributed by atoms with Crippen molar-refractivity contribution in [2.24, 2.45) is 11.7 Å². The normalized spacial score (nSPS) is 13.4. The van der Waals surface area contributed by atoms with Crippen LogP contribution in [0.5, 0.6) is 0 Å². The number of hydrogen-bond donors (Lipinski definition) is 1. The Morgan fingerprint density at radius 2 is 2.20 bits per heavy atom. The summed E-state index contributed by atoms with van der Waals surface area (Å²) in [5, 5.41) is 4.23. The molecule has 0 radical (unpaired) electrons. The second-order valence-corrected chi connectivity index (χ2v) is 4.31. The van der Waals surface area contributed by atoms with Gasteiger partial charge in [-0.1, -0.05) is 13.3 Å². The standard InChI is InChI=1S/C11H22N4/c1-4-5-10(7-12)6-11-13-8-14-15(11)9(2)3/h8-10H,4-7,12H2,1-3H3. The zero-order valence-corrected chi connectivity index (χ0v) is 9.98. The Bertz CT molecular complexity index is 280. The summed E-state index contributed by atoms with van der Waals surface area (Å²) in [6, 6.07) is 0.377. The summed E-state index contributed by atoms with van der Waals surface area (Å²) >= 11 is 0. The van der Waals surface area contributed by atoms with E-state index in [0.717, 1.165) is 18.8 Å². The van der Waals surface area contributed by atoms with E-state index >= 15 is 0 Å². The van der Waals surface area contributed by atoms with Crippen molar-refractivity contribution in [1.82, 2.24) is 14.8 Å². The predicted molar refractivity (Wildman–Crippen MR) is 61.6 cm³/mol. The van der Waals surface area contributed by atoms with Gasteiger partial charge in [0.25, 0.3) is 0 Å². The second kappa shape index (κ2) is 5.85. The molecule has 1 unspecified atom stereocenters. The van der Waals surface area contributed by atoms with Crippen LogP contribution >= 0.6 is 0 Å². The Labute approximate surface area is 91.9 Å². The third-order valence-corrected chi connectivity index (χ3v) is 2.64. The SMILES string of the molecule is CCCC(CN)Cc1ncnn1C(C)C. The van der Waals surface area contributed by atoms with Gasteiger partial charge in [0.05, 0.1) is 0 Å². The predicted octanol–water partition coefficient (Wildman–Crippen LogP) is 1.78. The van der Waals surface area contributed by atoms with Crippen molar-refractivity contribution in [1.29, 1.82) is 0 Å². The Kier molecular flexibility index (Phi) is 4.75. The van der Waals surface area contributed by atoms with Crippen LogP contribution in [-0.4, -0.2) is 21.3 Å². The van der Waals surface area contributed by atoms with E-state index in [1.807, 2.05) is 4.68 Å². The molecule has 1 rings (SSSR count). The monoisotopic (exact) mass is 210 g/mol. The lowest BCUT2D eigenvalue weighted by Crippen LogP contribution is -2.20. The average molecular weight is 210 g/mol. The van der Waals surface area contributed by atoms with Crippen molar-refractivity contribution in [2.75, 3.05) is 6.54 Å². The molecule has 2 N–H and O–H groups in total. The van der Waals surface area contributed by atoms with Crippen LogP contribution in [0.2, 0.25) is 0 Å². The van der Waals surface area contributed by atoms with E-state index in [-0.39, 0.29) is 0 Å². The molecule has 0 aliphatic rings. The highest BCUT2D eigenvalue weighted by atomic mass is 15.3. The number of nitrogens with two attached hydrogens (primary N) is 1. The largest absolute Gasteiger partial charge is 0.330 e. The molecule has 4 heteroatoms. The third-order valence-electron chi connectivity index (χ3n) is 2.64. The van der Waals surface area contributed by atoms with E-state index in [1.54, 1.807) is 6.33 Å². The molecule has 0 aliphatic carbocycles. The Morgan fingerprint density at radius 3 is 2.73 bits per heavy atom. The van der Waals surface area contributed by atoms with Crippen molar-refractivity contribution in [3.8, 4) is 0 Å². The lowest BCUT2D eigenvalue weighted by atomic mass is 9.99. The lowest BCUT2D eigenvalue weighted by Gasteiger charge is -2.15. The Morgan fingerprint density at radius 1 is 1.47 bits per heavy atom. The minimum Gasteiger partial charge on any atom is -0.330 e. The van der Waals surface area contributed by atoms with Crippen LogP contribution in [0.1, 0.15) is 45.5 Å². The molecule has 0 spiro atoms. The van der Waals surface area contributed by atoms with Gasteiger partial charge in [-0.05, 0) is 32.7 Å². The maximum Gasteiger partial charge on any atom is 0.138 e. The van der Waals surface area contributed by atoms with Crippen molar-refractivity contribution in [3.63, 3.8) is 0 Å². The first kappa shape index (κ1) is 12.2. The summed E-state index contributed by atoms with van der Waals surface area (Å²) in [5.41, 5.74) is 5.74. The molecule has 1 heterocycles.